The van der Waals surface area contributed by atoms with E-state index in [1.165, 1.54) is 0 Å². The van der Waals surface area contributed by atoms with E-state index in [0.29, 0.717) is 32.1 Å². The molecule has 0 saturated heterocycles. The van der Waals surface area contributed by atoms with Crippen molar-refractivity contribution in [2.24, 2.45) is 17.8 Å². The van der Waals surface area contributed by atoms with E-state index in [0.717, 1.165) is 6.42 Å². The third-order valence-corrected chi connectivity index (χ3v) is 3.88. The van der Waals surface area contributed by atoms with Crippen LogP contribution in [0.15, 0.2) is 12.2 Å². The molecule has 3 atom stereocenters. The lowest BCUT2D eigenvalue weighted by Gasteiger charge is -2.23. The number of hydrogen-bond acceptors (Lipinski definition) is 2. The molecule has 1 N–H and O–H groups in total. The molecule has 0 aromatic rings. The molecule has 1 saturated carbocycles. The SMILES string of the molecule is C#CCCC(C(=O)O)C1CCC(=O)C1C/C=C/CC. The predicted octanol–water partition coefficient (Wildman–Crippen LogP) is 3.05. The molecule has 0 heterocycles. The minimum atomic E-state index is -0.820. The van der Waals surface area contributed by atoms with Crippen LogP contribution in [0.4, 0.5) is 0 Å². The maximum atomic E-state index is 11.9. The monoisotopic (exact) mass is 262 g/mol. The minimum absolute atomic E-state index is 0.0557. The fraction of sp³-hybridized carbons (Fsp3) is 0.625. The second-order valence-electron chi connectivity index (χ2n) is 5.08. The number of carboxylic acids is 1. The first-order valence-electron chi connectivity index (χ1n) is 6.95. The molecule has 3 unspecified atom stereocenters. The van der Waals surface area contributed by atoms with Gasteiger partial charge in [-0.15, -0.1) is 12.3 Å². The summed E-state index contributed by atoms with van der Waals surface area (Å²) in [4.78, 5) is 23.3. The molecule has 0 aromatic carbocycles. The summed E-state index contributed by atoms with van der Waals surface area (Å²) >= 11 is 0. The lowest BCUT2D eigenvalue weighted by Crippen LogP contribution is -2.28. The third-order valence-electron chi connectivity index (χ3n) is 3.88. The molecule has 3 nitrogen and oxygen atoms in total. The Labute approximate surface area is 115 Å². The van der Waals surface area contributed by atoms with Crippen molar-refractivity contribution in [1.29, 1.82) is 0 Å². The predicted molar refractivity (Wildman–Crippen MR) is 74.5 cm³/mol. The minimum Gasteiger partial charge on any atom is -0.481 e. The second kappa shape index (κ2) is 7.78. The van der Waals surface area contributed by atoms with E-state index in [4.69, 9.17) is 6.42 Å². The van der Waals surface area contributed by atoms with Crippen LogP contribution >= 0.6 is 0 Å². The molecule has 0 radical (unpaired) electrons. The maximum Gasteiger partial charge on any atom is 0.306 e. The summed E-state index contributed by atoms with van der Waals surface area (Å²) in [5.74, 6) is 1.20. The van der Waals surface area contributed by atoms with Crippen LogP contribution in [0, 0.1) is 30.1 Å². The topological polar surface area (TPSA) is 54.4 Å². The molecule has 0 aliphatic heterocycles. The molecular formula is C16H22O3. The van der Waals surface area contributed by atoms with Gasteiger partial charge in [-0.05, 0) is 31.6 Å². The molecule has 0 aromatic heterocycles. The van der Waals surface area contributed by atoms with Gasteiger partial charge in [-0.25, -0.2) is 0 Å². The normalized spacial score (nSPS) is 24.5. The third kappa shape index (κ3) is 4.24. The average molecular weight is 262 g/mol. The van der Waals surface area contributed by atoms with Crippen LogP contribution in [0.5, 0.6) is 0 Å². The summed E-state index contributed by atoms with van der Waals surface area (Å²) < 4.78 is 0. The van der Waals surface area contributed by atoms with Gasteiger partial charge in [0.05, 0.1) is 5.92 Å². The van der Waals surface area contributed by atoms with Gasteiger partial charge in [0, 0.05) is 18.8 Å². The quantitative estimate of drug-likeness (QED) is 0.566. The summed E-state index contributed by atoms with van der Waals surface area (Å²) in [7, 11) is 0. The van der Waals surface area contributed by atoms with Crippen LogP contribution < -0.4 is 0 Å². The Morgan fingerprint density at radius 1 is 1.58 bits per heavy atom. The van der Waals surface area contributed by atoms with Crippen molar-refractivity contribution in [3.63, 3.8) is 0 Å². The van der Waals surface area contributed by atoms with Crippen LogP contribution in [-0.4, -0.2) is 16.9 Å². The number of aliphatic carboxylic acids is 1. The second-order valence-corrected chi connectivity index (χ2v) is 5.08. The van der Waals surface area contributed by atoms with E-state index in [1.54, 1.807) is 0 Å². The smallest absolute Gasteiger partial charge is 0.306 e. The van der Waals surface area contributed by atoms with Gasteiger partial charge in [0.15, 0.2) is 0 Å². The molecule has 0 amide bonds. The summed E-state index contributed by atoms with van der Waals surface area (Å²) in [6.07, 6.45) is 13.0. The number of rotatable bonds is 7. The van der Waals surface area contributed by atoms with Gasteiger partial charge in [-0.3, -0.25) is 9.59 Å². The van der Waals surface area contributed by atoms with E-state index >= 15 is 0 Å². The highest BCUT2D eigenvalue weighted by molar-refractivity contribution is 5.85. The van der Waals surface area contributed by atoms with Gasteiger partial charge in [0.25, 0.3) is 0 Å². The number of carbonyl (C=O) groups is 2. The fourth-order valence-corrected chi connectivity index (χ4v) is 2.89. The first-order valence-corrected chi connectivity index (χ1v) is 6.95. The molecule has 1 fully saturated rings. The zero-order valence-corrected chi connectivity index (χ0v) is 11.5. The Morgan fingerprint density at radius 3 is 2.89 bits per heavy atom. The number of allylic oxidation sites excluding steroid dienone is 2. The Morgan fingerprint density at radius 2 is 2.32 bits per heavy atom. The molecule has 1 aliphatic rings. The van der Waals surface area contributed by atoms with Crippen LogP contribution in [0.1, 0.15) is 45.4 Å². The van der Waals surface area contributed by atoms with E-state index < -0.39 is 11.9 Å². The first kappa shape index (κ1) is 15.5. The van der Waals surface area contributed by atoms with Crippen LogP contribution in [0.2, 0.25) is 0 Å². The fourth-order valence-electron chi connectivity index (χ4n) is 2.89. The summed E-state index contributed by atoms with van der Waals surface area (Å²) in [5.41, 5.74) is 0. The van der Waals surface area contributed by atoms with Gasteiger partial charge in [0.1, 0.15) is 5.78 Å². The zero-order valence-electron chi connectivity index (χ0n) is 11.5. The van der Waals surface area contributed by atoms with Crippen LogP contribution in [0.3, 0.4) is 0 Å². The highest BCUT2D eigenvalue weighted by Gasteiger charge is 2.41. The van der Waals surface area contributed by atoms with Gasteiger partial charge < -0.3 is 5.11 Å². The molecule has 104 valence electrons. The highest BCUT2D eigenvalue weighted by atomic mass is 16.4. The standard InChI is InChI=1S/C16H22O3/c1-3-5-7-9-13-12(10-11-15(13)17)14(16(18)19)8-6-4-2/h2,5,7,12-14H,3,6,8-11H2,1H3,(H,18,19)/b7-5+. The molecule has 1 aliphatic carbocycles. The Hall–Kier alpha value is -1.56. The molecule has 0 spiro atoms. The van der Waals surface area contributed by atoms with Gasteiger partial charge in [-0.2, -0.15) is 0 Å². The molecular weight excluding hydrogens is 240 g/mol. The highest BCUT2D eigenvalue weighted by Crippen LogP contribution is 2.39. The number of carboxylic acid groups (broad SMARTS) is 1. The lowest BCUT2D eigenvalue weighted by atomic mass is 9.79. The Kier molecular flexibility index (Phi) is 6.35. The van der Waals surface area contributed by atoms with E-state index in [9.17, 15) is 14.7 Å². The van der Waals surface area contributed by atoms with Crippen molar-refractivity contribution in [1.82, 2.24) is 0 Å². The number of Topliss-reactive ketones (excluding diaryl/α,β-unsaturated/α-hetero) is 1. The van der Waals surface area contributed by atoms with E-state index in [1.807, 2.05) is 19.1 Å². The van der Waals surface area contributed by atoms with Gasteiger partial charge in [-0.1, -0.05) is 19.1 Å². The van der Waals surface area contributed by atoms with Gasteiger partial charge >= 0.3 is 5.97 Å². The van der Waals surface area contributed by atoms with Crippen molar-refractivity contribution < 1.29 is 14.7 Å². The van der Waals surface area contributed by atoms with Crippen molar-refractivity contribution in [2.45, 2.75) is 45.4 Å². The number of hydrogen-bond donors (Lipinski definition) is 1. The Balaban J connectivity index is 2.76. The van der Waals surface area contributed by atoms with E-state index in [-0.39, 0.29) is 17.6 Å². The first-order chi connectivity index (χ1) is 9.11. The molecule has 0 bridgehead atoms. The summed E-state index contributed by atoms with van der Waals surface area (Å²) in [6.45, 7) is 2.04. The summed E-state index contributed by atoms with van der Waals surface area (Å²) in [5, 5.41) is 9.34. The number of ketones is 1. The van der Waals surface area contributed by atoms with Crippen molar-refractivity contribution in [3.8, 4) is 12.3 Å². The van der Waals surface area contributed by atoms with Crippen molar-refractivity contribution >= 4 is 11.8 Å². The van der Waals surface area contributed by atoms with Crippen molar-refractivity contribution in [2.75, 3.05) is 0 Å². The average Bonchev–Trinajstić information content (AvgIpc) is 2.72. The van der Waals surface area contributed by atoms with Crippen molar-refractivity contribution in [3.05, 3.63) is 12.2 Å². The van der Waals surface area contributed by atoms with Crippen LogP contribution in [-0.2, 0) is 9.59 Å². The lowest BCUT2D eigenvalue weighted by molar-refractivity contribution is -0.144. The van der Waals surface area contributed by atoms with Crippen LogP contribution in [0.25, 0.3) is 0 Å². The molecule has 19 heavy (non-hydrogen) atoms. The molecule has 3 heteroatoms. The maximum absolute atomic E-state index is 11.9. The van der Waals surface area contributed by atoms with E-state index in [2.05, 4.69) is 5.92 Å². The largest absolute Gasteiger partial charge is 0.481 e. The zero-order chi connectivity index (χ0) is 14.3. The van der Waals surface area contributed by atoms with Gasteiger partial charge in [0.2, 0.25) is 0 Å². The number of terminal acetylenes is 1. The number of carbonyl (C=O) groups excluding carboxylic acids is 1. The summed E-state index contributed by atoms with van der Waals surface area (Å²) in [6, 6.07) is 0. The molecule has 1 rings (SSSR count). The Bertz CT molecular complexity index is 389.